The fourth-order valence-electron chi connectivity index (χ4n) is 0.537. The van der Waals surface area contributed by atoms with Crippen LogP contribution in [0.1, 0.15) is 19.8 Å². The average Bonchev–Trinajstić information content (AvgIpc) is 1.98. The average molecular weight is 196 g/mol. The van der Waals surface area contributed by atoms with Crippen LogP contribution in [0.2, 0.25) is 0 Å². The van der Waals surface area contributed by atoms with Crippen molar-refractivity contribution >= 4 is 17.3 Å². The molecule has 1 N–H and O–H groups in total. The smallest absolute Gasteiger partial charge is 0.305 e. The van der Waals surface area contributed by atoms with Crippen LogP contribution in [0, 0.1) is 0 Å². The van der Waals surface area contributed by atoms with Crippen molar-refractivity contribution in [2.24, 2.45) is 0 Å². The van der Waals surface area contributed by atoms with Gasteiger partial charge < -0.3 is 4.74 Å². The Balaban J connectivity index is 3.19. The number of rotatable bonds is 6. The van der Waals surface area contributed by atoms with Crippen molar-refractivity contribution in [3.63, 3.8) is 0 Å². The summed E-state index contributed by atoms with van der Waals surface area (Å²) in [5, 5.41) is 0. The van der Waals surface area contributed by atoms with Gasteiger partial charge in [0.15, 0.2) is 0 Å². The highest BCUT2D eigenvalue weighted by Gasteiger charge is 2.00. The van der Waals surface area contributed by atoms with Crippen LogP contribution in [-0.4, -0.2) is 27.9 Å². The van der Waals surface area contributed by atoms with Gasteiger partial charge in [-0.3, -0.25) is 13.5 Å². The lowest BCUT2D eigenvalue weighted by molar-refractivity contribution is -0.144. The first-order valence-corrected chi connectivity index (χ1v) is 4.59. The third-order valence-electron chi connectivity index (χ3n) is 0.985. The molecular weight excluding hydrogens is 184 g/mol. The summed E-state index contributed by atoms with van der Waals surface area (Å²) in [7, 11) is 0. The van der Waals surface area contributed by atoms with E-state index in [0.29, 0.717) is 6.42 Å². The topological polar surface area (TPSA) is 72.8 Å². The van der Waals surface area contributed by atoms with Crippen LogP contribution < -0.4 is 0 Å². The molecule has 0 spiro atoms. The summed E-state index contributed by atoms with van der Waals surface area (Å²) in [4.78, 5) is 10.7. The van der Waals surface area contributed by atoms with Crippen molar-refractivity contribution < 1.29 is 22.5 Å². The summed E-state index contributed by atoms with van der Waals surface area (Å²) in [6, 6.07) is 0. The number of ether oxygens (including phenoxy) is 1. The van der Waals surface area contributed by atoms with E-state index in [1.807, 2.05) is 6.92 Å². The van der Waals surface area contributed by atoms with Gasteiger partial charge in [0.1, 0.15) is 13.2 Å². The molecule has 0 aromatic rings. The standard InChI is InChI=1S/C6H12O5S/c1-2-3-6(7)10-4-5-11-12(8)9/h2-5H2,1H3,(H,8,9). The zero-order chi connectivity index (χ0) is 9.40. The Morgan fingerprint density at radius 1 is 1.50 bits per heavy atom. The third kappa shape index (κ3) is 7.64. The molecule has 0 saturated carbocycles. The molecule has 0 fully saturated rings. The lowest BCUT2D eigenvalue weighted by atomic mass is 10.3. The molecule has 0 saturated heterocycles. The summed E-state index contributed by atoms with van der Waals surface area (Å²) >= 11 is -2.28. The van der Waals surface area contributed by atoms with E-state index in [9.17, 15) is 9.00 Å². The molecule has 1 atom stereocenters. The van der Waals surface area contributed by atoms with Crippen LogP contribution in [-0.2, 0) is 25.1 Å². The van der Waals surface area contributed by atoms with Gasteiger partial charge in [-0.15, -0.1) is 0 Å². The van der Waals surface area contributed by atoms with E-state index in [4.69, 9.17) is 4.55 Å². The molecule has 0 rings (SSSR count). The predicted octanol–water partition coefficient (Wildman–Crippen LogP) is 0.483. The van der Waals surface area contributed by atoms with Crippen molar-refractivity contribution in [2.45, 2.75) is 19.8 Å². The molecule has 72 valence electrons. The Labute approximate surface area is 73.5 Å². The van der Waals surface area contributed by atoms with Gasteiger partial charge in [-0.2, -0.15) is 4.21 Å². The van der Waals surface area contributed by atoms with E-state index < -0.39 is 11.4 Å². The molecule has 0 aromatic carbocycles. The van der Waals surface area contributed by atoms with E-state index in [0.717, 1.165) is 6.42 Å². The van der Waals surface area contributed by atoms with Crippen molar-refractivity contribution in [1.29, 1.82) is 0 Å². The number of hydrogen-bond acceptors (Lipinski definition) is 4. The Hall–Kier alpha value is -0.460. The highest BCUT2D eigenvalue weighted by atomic mass is 32.2. The van der Waals surface area contributed by atoms with Crippen LogP contribution in [0.3, 0.4) is 0 Å². The van der Waals surface area contributed by atoms with Crippen molar-refractivity contribution in [2.75, 3.05) is 13.2 Å². The second-order valence-electron chi connectivity index (χ2n) is 2.01. The Bertz CT molecular complexity index is 158. The maximum absolute atomic E-state index is 10.7. The monoisotopic (exact) mass is 196 g/mol. The second-order valence-corrected chi connectivity index (χ2v) is 2.68. The van der Waals surface area contributed by atoms with Gasteiger partial charge >= 0.3 is 17.3 Å². The molecular formula is C6H12O5S. The fourth-order valence-corrected chi connectivity index (χ4v) is 0.748. The first-order chi connectivity index (χ1) is 5.66. The van der Waals surface area contributed by atoms with E-state index in [2.05, 4.69) is 8.92 Å². The zero-order valence-electron chi connectivity index (χ0n) is 6.82. The van der Waals surface area contributed by atoms with E-state index in [1.54, 1.807) is 0 Å². The van der Waals surface area contributed by atoms with Gasteiger partial charge in [0.25, 0.3) is 0 Å². The summed E-state index contributed by atoms with van der Waals surface area (Å²) in [5.74, 6) is -0.315. The summed E-state index contributed by atoms with van der Waals surface area (Å²) in [5.41, 5.74) is 0. The minimum absolute atomic E-state index is 0.0190. The molecule has 0 radical (unpaired) electrons. The lowest BCUT2D eigenvalue weighted by Gasteiger charge is -2.01. The molecule has 0 heterocycles. The number of carbonyl (C=O) groups excluding carboxylic acids is 1. The maximum atomic E-state index is 10.7. The maximum Gasteiger partial charge on any atom is 0.305 e. The van der Waals surface area contributed by atoms with Crippen molar-refractivity contribution in [3.8, 4) is 0 Å². The van der Waals surface area contributed by atoms with E-state index in [1.165, 1.54) is 0 Å². The zero-order valence-corrected chi connectivity index (χ0v) is 7.63. The quantitative estimate of drug-likeness (QED) is 0.380. The minimum Gasteiger partial charge on any atom is -0.463 e. The van der Waals surface area contributed by atoms with Crippen LogP contribution in [0.15, 0.2) is 0 Å². The third-order valence-corrected chi connectivity index (χ3v) is 1.35. The molecule has 0 bridgehead atoms. The van der Waals surface area contributed by atoms with E-state index >= 15 is 0 Å². The molecule has 6 heteroatoms. The largest absolute Gasteiger partial charge is 0.463 e. The fraction of sp³-hybridized carbons (Fsp3) is 0.833. The Morgan fingerprint density at radius 2 is 2.17 bits per heavy atom. The van der Waals surface area contributed by atoms with Crippen LogP contribution in [0.25, 0.3) is 0 Å². The Kier molecular flexibility index (Phi) is 6.93. The summed E-state index contributed by atoms with van der Waals surface area (Å²) < 4.78 is 26.9. The van der Waals surface area contributed by atoms with Crippen LogP contribution in [0.4, 0.5) is 0 Å². The number of esters is 1. The molecule has 5 nitrogen and oxygen atoms in total. The van der Waals surface area contributed by atoms with Gasteiger partial charge in [0.05, 0.1) is 0 Å². The van der Waals surface area contributed by atoms with Crippen LogP contribution in [0.5, 0.6) is 0 Å². The molecule has 0 aliphatic rings. The van der Waals surface area contributed by atoms with E-state index in [-0.39, 0.29) is 19.2 Å². The molecule has 0 aromatic heterocycles. The molecule has 12 heavy (non-hydrogen) atoms. The molecule has 0 amide bonds. The first kappa shape index (κ1) is 11.5. The summed E-state index contributed by atoms with van der Waals surface area (Å²) in [6.07, 6.45) is 1.09. The first-order valence-electron chi connectivity index (χ1n) is 3.56. The van der Waals surface area contributed by atoms with Gasteiger partial charge in [-0.05, 0) is 6.42 Å². The SMILES string of the molecule is CCCC(=O)OCCOS(=O)O. The minimum atomic E-state index is -2.28. The van der Waals surface area contributed by atoms with Gasteiger partial charge in [-0.1, -0.05) is 6.92 Å². The molecule has 0 aliphatic carbocycles. The highest BCUT2D eigenvalue weighted by Crippen LogP contribution is 1.91. The predicted molar refractivity (Wildman–Crippen MR) is 42.6 cm³/mol. The number of hydrogen-bond donors (Lipinski definition) is 1. The van der Waals surface area contributed by atoms with Crippen molar-refractivity contribution in [1.82, 2.24) is 0 Å². The second kappa shape index (κ2) is 7.20. The van der Waals surface area contributed by atoms with Gasteiger partial charge in [-0.25, -0.2) is 0 Å². The lowest BCUT2D eigenvalue weighted by Crippen LogP contribution is -2.10. The van der Waals surface area contributed by atoms with Gasteiger partial charge in [0, 0.05) is 6.42 Å². The van der Waals surface area contributed by atoms with Crippen molar-refractivity contribution in [3.05, 3.63) is 0 Å². The van der Waals surface area contributed by atoms with Gasteiger partial charge in [0.2, 0.25) is 0 Å². The molecule has 1 unspecified atom stereocenters. The number of carbonyl (C=O) groups is 1. The Morgan fingerprint density at radius 3 is 2.67 bits per heavy atom. The highest BCUT2D eigenvalue weighted by molar-refractivity contribution is 7.74. The molecule has 0 aliphatic heterocycles. The normalized spacial score (nSPS) is 12.5. The summed E-state index contributed by atoms with van der Waals surface area (Å²) in [6.45, 7) is 1.82. The van der Waals surface area contributed by atoms with Crippen LogP contribution >= 0.6 is 0 Å².